The molecule has 2 unspecified atom stereocenters. The summed E-state index contributed by atoms with van der Waals surface area (Å²) in [5.41, 5.74) is 8.44. The van der Waals surface area contributed by atoms with Gasteiger partial charge in [0.1, 0.15) is 30.0 Å². The lowest BCUT2D eigenvalue weighted by Gasteiger charge is -2.30. The quantitative estimate of drug-likeness (QED) is 0.0507. The zero-order valence-corrected chi connectivity index (χ0v) is 27.2. The normalized spacial score (nSPS) is 21.2. The number of amides is 5. The minimum absolute atomic E-state index is 0.00245. The second-order valence-electron chi connectivity index (χ2n) is 11.9. The van der Waals surface area contributed by atoms with Crippen LogP contribution in [0.2, 0.25) is 0 Å². The molecule has 2 fully saturated rings. The van der Waals surface area contributed by atoms with Crippen LogP contribution in [0.5, 0.6) is 0 Å². The van der Waals surface area contributed by atoms with Gasteiger partial charge in [0.2, 0.25) is 31.0 Å². The van der Waals surface area contributed by atoms with Crippen molar-refractivity contribution in [2.75, 3.05) is 25.9 Å². The largest absolute Gasteiger partial charge is 0.394 e. The highest BCUT2D eigenvalue weighted by Gasteiger charge is 2.41. The molecular formula is C30H48N7O8P. The van der Waals surface area contributed by atoms with E-state index in [0.717, 1.165) is 6.42 Å². The maximum absolute atomic E-state index is 13.8. The number of hydrogen-bond acceptors (Lipinski definition) is 9. The Balaban J connectivity index is 1.71. The first kappa shape index (κ1) is 37.1. The molecule has 5 amide bonds. The number of rotatable bonds is 16. The minimum atomic E-state index is -4.24. The molecule has 46 heavy (non-hydrogen) atoms. The number of nitrogens with one attached hydrogen (secondary N) is 3. The number of hydrazine groups is 1. The van der Waals surface area contributed by atoms with Crippen LogP contribution in [0.25, 0.3) is 0 Å². The fourth-order valence-electron chi connectivity index (χ4n) is 5.93. The topological polar surface area (TPSA) is 237 Å². The first-order valence-corrected chi connectivity index (χ1v) is 17.8. The summed E-state index contributed by atoms with van der Waals surface area (Å²) in [6, 6.07) is 5.03. The Hall–Kier alpha value is -3.36. The summed E-state index contributed by atoms with van der Waals surface area (Å²) in [6.07, 6.45) is 2.85. The van der Waals surface area contributed by atoms with Crippen LogP contribution >= 0.6 is 7.37 Å². The smallest absolute Gasteiger partial charge is 0.256 e. The van der Waals surface area contributed by atoms with Crippen molar-refractivity contribution >= 4 is 36.9 Å². The van der Waals surface area contributed by atoms with Gasteiger partial charge in [-0.1, -0.05) is 50.1 Å². The van der Waals surface area contributed by atoms with Gasteiger partial charge in [-0.05, 0) is 37.7 Å². The van der Waals surface area contributed by atoms with Gasteiger partial charge in [-0.3, -0.25) is 34.0 Å². The molecule has 0 spiro atoms. The molecule has 0 aromatic heterocycles. The Bertz CT molecular complexity index is 1270. The average molecular weight is 666 g/mol. The van der Waals surface area contributed by atoms with Crippen molar-refractivity contribution in [2.45, 2.75) is 94.7 Å². The standard InChI is InChI=1S/C30H48N7O8P/c1-2-3-11-22(27(40)35-32)33-28(41)23-12-7-15-36(23)26(39)14-17-46(44,45)25(18-20-9-5-4-6-10-20)34-29(42)24-13-8-16-37(24)30(43)21(31)19-38/h4-6,9-10,21-25,38H,2-3,7-8,11-19,31-32H2,1H3,(H,33,41)(H,34,42)(H,35,40)(H,44,45)/t21-,22-,23-,24-,25?/m0/s1. The van der Waals surface area contributed by atoms with Gasteiger partial charge in [0, 0.05) is 32.1 Å². The third-order valence-electron chi connectivity index (χ3n) is 8.56. The van der Waals surface area contributed by atoms with Crippen LogP contribution < -0.4 is 27.6 Å². The molecule has 256 valence electrons. The Morgan fingerprint density at radius 1 is 1.00 bits per heavy atom. The van der Waals surface area contributed by atoms with Crippen molar-refractivity contribution in [1.82, 2.24) is 25.9 Å². The molecule has 3 rings (SSSR count). The highest BCUT2D eigenvalue weighted by molar-refractivity contribution is 7.58. The first-order valence-electron chi connectivity index (χ1n) is 15.9. The Labute approximate surface area is 269 Å². The lowest BCUT2D eigenvalue weighted by Crippen LogP contribution is -2.54. The van der Waals surface area contributed by atoms with Gasteiger partial charge in [0.15, 0.2) is 0 Å². The van der Waals surface area contributed by atoms with Gasteiger partial charge in [0.05, 0.1) is 6.61 Å². The van der Waals surface area contributed by atoms with Crippen molar-refractivity contribution in [3.05, 3.63) is 35.9 Å². The van der Waals surface area contributed by atoms with Crippen LogP contribution in [-0.4, -0.2) is 105 Å². The molecule has 2 saturated heterocycles. The third kappa shape index (κ3) is 9.82. The van der Waals surface area contributed by atoms with Crippen molar-refractivity contribution in [3.63, 3.8) is 0 Å². The molecule has 9 N–H and O–H groups in total. The van der Waals surface area contributed by atoms with Crippen LogP contribution in [0.4, 0.5) is 0 Å². The predicted molar refractivity (Wildman–Crippen MR) is 170 cm³/mol. The number of hydrogen-bond donors (Lipinski definition) is 7. The van der Waals surface area contributed by atoms with Gasteiger partial charge in [-0.25, -0.2) is 5.84 Å². The second kappa shape index (κ2) is 17.5. The summed E-state index contributed by atoms with van der Waals surface area (Å²) in [5, 5.41) is 14.7. The van der Waals surface area contributed by atoms with E-state index < -0.39 is 79.6 Å². The molecule has 2 heterocycles. The van der Waals surface area contributed by atoms with Crippen LogP contribution in [0.1, 0.15) is 63.9 Å². The van der Waals surface area contributed by atoms with E-state index >= 15 is 0 Å². The highest BCUT2D eigenvalue weighted by Crippen LogP contribution is 2.47. The third-order valence-corrected chi connectivity index (χ3v) is 10.7. The fourth-order valence-corrected chi connectivity index (χ4v) is 7.57. The predicted octanol–water partition coefficient (Wildman–Crippen LogP) is -0.702. The molecule has 6 atom stereocenters. The minimum Gasteiger partial charge on any atom is -0.394 e. The Morgan fingerprint density at radius 3 is 2.22 bits per heavy atom. The maximum Gasteiger partial charge on any atom is 0.256 e. The number of nitrogens with two attached hydrogens (primary N) is 2. The molecule has 1 aromatic carbocycles. The molecule has 1 aromatic rings. The molecule has 16 heteroatoms. The molecule has 0 aliphatic carbocycles. The highest BCUT2D eigenvalue weighted by atomic mass is 31.2. The van der Waals surface area contributed by atoms with Crippen molar-refractivity contribution < 1.29 is 38.5 Å². The number of nitrogens with zero attached hydrogens (tertiary/aromatic N) is 2. The van der Waals surface area contributed by atoms with Gasteiger partial charge in [0.25, 0.3) is 5.91 Å². The van der Waals surface area contributed by atoms with Crippen LogP contribution in [-0.2, 0) is 35.0 Å². The van der Waals surface area contributed by atoms with Crippen LogP contribution in [0.3, 0.4) is 0 Å². The van der Waals surface area contributed by atoms with E-state index in [1.165, 1.54) is 9.80 Å². The number of likely N-dealkylation sites (tertiary alicyclic amines) is 2. The summed E-state index contributed by atoms with van der Waals surface area (Å²) in [7, 11) is -4.24. The SMILES string of the molecule is CCCC[C@H](NC(=O)[C@@H]1CCCN1C(=O)CCP(=O)(O)C(Cc1ccccc1)NC(=O)[C@@H]1CCCN1C(=O)[C@@H](N)CO)C(=O)NN. The monoisotopic (exact) mass is 665 g/mol. The molecule has 2 aliphatic rings. The fraction of sp³-hybridized carbons (Fsp3) is 0.633. The maximum atomic E-state index is 13.8. The van der Waals surface area contributed by atoms with Gasteiger partial charge in [-0.2, -0.15) is 0 Å². The lowest BCUT2D eigenvalue weighted by molar-refractivity contribution is -0.140. The van der Waals surface area contributed by atoms with E-state index in [2.05, 4.69) is 16.1 Å². The van der Waals surface area contributed by atoms with Gasteiger partial charge >= 0.3 is 0 Å². The number of benzene rings is 1. The van der Waals surface area contributed by atoms with E-state index in [9.17, 15) is 38.5 Å². The summed E-state index contributed by atoms with van der Waals surface area (Å²) in [6.45, 7) is 1.91. The summed E-state index contributed by atoms with van der Waals surface area (Å²) < 4.78 is 13.8. The summed E-state index contributed by atoms with van der Waals surface area (Å²) >= 11 is 0. The number of unbranched alkanes of at least 4 members (excludes halogenated alkanes) is 1. The van der Waals surface area contributed by atoms with Crippen LogP contribution in [0.15, 0.2) is 30.3 Å². The van der Waals surface area contributed by atoms with Crippen molar-refractivity contribution in [2.24, 2.45) is 11.6 Å². The Morgan fingerprint density at radius 2 is 1.61 bits per heavy atom. The zero-order valence-electron chi connectivity index (χ0n) is 26.3. The molecule has 15 nitrogen and oxygen atoms in total. The lowest BCUT2D eigenvalue weighted by atomic mass is 10.1. The van der Waals surface area contributed by atoms with Crippen molar-refractivity contribution in [3.8, 4) is 0 Å². The number of carbonyl (C=O) groups excluding carboxylic acids is 5. The summed E-state index contributed by atoms with van der Waals surface area (Å²) in [4.78, 5) is 78.6. The van der Waals surface area contributed by atoms with E-state index in [1.54, 1.807) is 30.3 Å². The molecule has 0 radical (unpaired) electrons. The Kier molecular flexibility index (Phi) is 14.1. The summed E-state index contributed by atoms with van der Waals surface area (Å²) in [5.74, 6) is 1.31. The van der Waals surface area contributed by atoms with E-state index in [-0.39, 0.29) is 25.9 Å². The molecule has 0 saturated carbocycles. The molecule has 0 bridgehead atoms. The van der Waals surface area contributed by atoms with E-state index in [1.807, 2.05) is 6.92 Å². The van der Waals surface area contributed by atoms with E-state index in [0.29, 0.717) is 44.1 Å². The first-order chi connectivity index (χ1) is 21.9. The zero-order chi connectivity index (χ0) is 33.9. The van der Waals surface area contributed by atoms with Crippen LogP contribution in [0, 0.1) is 0 Å². The molecular weight excluding hydrogens is 617 g/mol. The number of aliphatic hydroxyl groups is 1. The number of aliphatic hydroxyl groups excluding tert-OH is 1. The van der Waals surface area contributed by atoms with Crippen molar-refractivity contribution in [1.29, 1.82) is 0 Å². The number of carbonyl (C=O) groups is 5. The van der Waals surface area contributed by atoms with E-state index in [4.69, 9.17) is 11.6 Å². The van der Waals surface area contributed by atoms with Gasteiger partial charge < -0.3 is 36.2 Å². The average Bonchev–Trinajstić information content (AvgIpc) is 3.75. The van der Waals surface area contributed by atoms with Gasteiger partial charge in [-0.15, -0.1) is 0 Å². The molecule has 2 aliphatic heterocycles. The second-order valence-corrected chi connectivity index (χ2v) is 14.5.